The molecule has 2 atom stereocenters. The Balaban J connectivity index is 1.62. The molecule has 3 rings (SSSR count). The van der Waals surface area contributed by atoms with E-state index in [1.165, 1.54) is 12.3 Å². The highest BCUT2D eigenvalue weighted by Gasteiger charge is 2.35. The predicted molar refractivity (Wildman–Crippen MR) is 76.7 cm³/mol. The van der Waals surface area contributed by atoms with Gasteiger partial charge in [0.15, 0.2) is 0 Å². The van der Waals surface area contributed by atoms with Gasteiger partial charge >= 0.3 is 6.18 Å². The number of nitrogens with zero attached hydrogens (tertiary/aromatic N) is 3. The van der Waals surface area contributed by atoms with Gasteiger partial charge in [-0.3, -0.25) is 4.98 Å². The monoisotopic (exact) mass is 326 g/mol. The smallest absolute Gasteiger partial charge is 0.419 e. The Bertz CT molecular complexity index is 671. The summed E-state index contributed by atoms with van der Waals surface area (Å²) in [6.07, 6.45) is 1.00. The minimum absolute atomic E-state index is 0.00696. The van der Waals surface area contributed by atoms with Crippen molar-refractivity contribution < 1.29 is 17.6 Å². The summed E-state index contributed by atoms with van der Waals surface area (Å²) in [4.78, 5) is 3.57. The van der Waals surface area contributed by atoms with Gasteiger partial charge in [-0.15, -0.1) is 10.2 Å². The first-order valence-corrected chi connectivity index (χ1v) is 7.48. The fraction of sp³-hybridized carbons (Fsp3) is 0.533. The number of halogens is 3. The summed E-state index contributed by atoms with van der Waals surface area (Å²) in [5.41, 5.74) is -0.636. The van der Waals surface area contributed by atoms with Crippen molar-refractivity contribution in [3.05, 3.63) is 35.8 Å². The van der Waals surface area contributed by atoms with Crippen LogP contribution in [0.1, 0.15) is 36.6 Å². The largest absolute Gasteiger partial charge is 0.426 e. The molecule has 2 aromatic rings. The zero-order valence-electron chi connectivity index (χ0n) is 12.6. The standard InChI is InChI=1S/C15H17F3N4O/c1-9-21-22-14(23-9)7-10-2-3-11(6-10)20-13-4-5-19-8-12(13)15(16,17)18/h4-5,8,10-11H,2-3,6-7H2,1H3,(H,19,20)/t10-,11+/m1/s1. The van der Waals surface area contributed by atoms with Gasteiger partial charge in [0.1, 0.15) is 0 Å². The molecule has 1 aliphatic rings. The van der Waals surface area contributed by atoms with Gasteiger partial charge in [-0.2, -0.15) is 13.2 Å². The van der Waals surface area contributed by atoms with E-state index < -0.39 is 11.7 Å². The highest BCUT2D eigenvalue weighted by atomic mass is 19.4. The lowest BCUT2D eigenvalue weighted by molar-refractivity contribution is -0.137. The molecule has 1 N–H and O–H groups in total. The van der Waals surface area contributed by atoms with E-state index in [0.29, 0.717) is 24.1 Å². The summed E-state index contributed by atoms with van der Waals surface area (Å²) in [5, 5.41) is 10.8. The van der Waals surface area contributed by atoms with Crippen LogP contribution in [0.3, 0.4) is 0 Å². The van der Waals surface area contributed by atoms with E-state index in [1.54, 1.807) is 6.92 Å². The normalized spacial score (nSPS) is 21.6. The molecule has 124 valence electrons. The Hall–Kier alpha value is -2.12. The lowest BCUT2D eigenvalue weighted by atomic mass is 10.0. The predicted octanol–water partition coefficient (Wildman–Crippen LogP) is 3.62. The highest BCUT2D eigenvalue weighted by molar-refractivity contribution is 5.51. The van der Waals surface area contributed by atoms with Crippen molar-refractivity contribution in [2.24, 2.45) is 5.92 Å². The maximum Gasteiger partial charge on any atom is 0.419 e. The zero-order chi connectivity index (χ0) is 16.4. The van der Waals surface area contributed by atoms with Crippen molar-refractivity contribution in [2.75, 3.05) is 5.32 Å². The number of rotatable bonds is 4. The van der Waals surface area contributed by atoms with Crippen molar-refractivity contribution in [3.8, 4) is 0 Å². The van der Waals surface area contributed by atoms with Gasteiger partial charge in [-0.25, -0.2) is 0 Å². The first-order valence-electron chi connectivity index (χ1n) is 7.48. The van der Waals surface area contributed by atoms with E-state index in [4.69, 9.17) is 4.42 Å². The average Bonchev–Trinajstić information content (AvgIpc) is 3.08. The molecule has 1 fully saturated rings. The Kier molecular flexibility index (Phi) is 4.23. The Labute approximate surface area is 131 Å². The van der Waals surface area contributed by atoms with Crippen molar-refractivity contribution >= 4 is 5.69 Å². The third kappa shape index (κ3) is 3.80. The van der Waals surface area contributed by atoms with Crippen LogP contribution in [0, 0.1) is 12.8 Å². The topological polar surface area (TPSA) is 63.8 Å². The minimum Gasteiger partial charge on any atom is -0.426 e. The number of hydrogen-bond donors (Lipinski definition) is 1. The summed E-state index contributed by atoms with van der Waals surface area (Å²) in [6, 6.07) is 1.38. The molecule has 2 heterocycles. The van der Waals surface area contributed by atoms with Crippen LogP contribution in [0.5, 0.6) is 0 Å². The fourth-order valence-electron chi connectivity index (χ4n) is 3.02. The maximum absolute atomic E-state index is 13.0. The molecule has 8 heteroatoms. The number of aryl methyl sites for hydroxylation is 1. The van der Waals surface area contributed by atoms with Gasteiger partial charge in [0.2, 0.25) is 11.8 Å². The second-order valence-corrected chi connectivity index (χ2v) is 5.86. The van der Waals surface area contributed by atoms with E-state index in [2.05, 4.69) is 20.5 Å². The third-order valence-electron chi connectivity index (χ3n) is 4.06. The number of aromatic nitrogens is 3. The minimum atomic E-state index is -4.41. The molecule has 23 heavy (non-hydrogen) atoms. The number of nitrogens with one attached hydrogen (secondary N) is 1. The molecule has 0 saturated heterocycles. The number of anilines is 1. The van der Waals surface area contributed by atoms with E-state index in [-0.39, 0.29) is 11.7 Å². The van der Waals surface area contributed by atoms with E-state index in [9.17, 15) is 13.2 Å². The summed E-state index contributed by atoms with van der Waals surface area (Å²) >= 11 is 0. The van der Waals surface area contributed by atoms with Crippen LogP contribution in [0.15, 0.2) is 22.9 Å². The van der Waals surface area contributed by atoms with Gasteiger partial charge in [-0.05, 0) is 31.2 Å². The Morgan fingerprint density at radius 1 is 1.30 bits per heavy atom. The van der Waals surface area contributed by atoms with Crippen LogP contribution >= 0.6 is 0 Å². The van der Waals surface area contributed by atoms with Crippen LogP contribution in [-0.4, -0.2) is 21.2 Å². The molecule has 0 aromatic carbocycles. The second-order valence-electron chi connectivity index (χ2n) is 5.86. The Morgan fingerprint density at radius 2 is 2.13 bits per heavy atom. The summed E-state index contributed by atoms with van der Waals surface area (Å²) in [6.45, 7) is 1.73. The number of alkyl halides is 3. The van der Waals surface area contributed by atoms with Gasteiger partial charge in [0.05, 0.1) is 5.56 Å². The van der Waals surface area contributed by atoms with Crippen molar-refractivity contribution in [1.82, 2.24) is 15.2 Å². The lowest BCUT2D eigenvalue weighted by Crippen LogP contribution is -2.19. The van der Waals surface area contributed by atoms with Gasteiger partial charge in [0, 0.05) is 37.5 Å². The number of pyridine rings is 1. The molecular weight excluding hydrogens is 309 g/mol. The van der Waals surface area contributed by atoms with Crippen LogP contribution in [0.25, 0.3) is 0 Å². The summed E-state index contributed by atoms with van der Waals surface area (Å²) < 4.78 is 44.3. The molecule has 1 aliphatic carbocycles. The molecule has 0 aliphatic heterocycles. The molecule has 2 aromatic heterocycles. The van der Waals surface area contributed by atoms with Gasteiger partial charge < -0.3 is 9.73 Å². The highest BCUT2D eigenvalue weighted by Crippen LogP contribution is 2.36. The van der Waals surface area contributed by atoms with E-state index >= 15 is 0 Å². The van der Waals surface area contributed by atoms with Crippen LogP contribution in [0.2, 0.25) is 0 Å². The molecule has 0 radical (unpaired) electrons. The van der Waals surface area contributed by atoms with Gasteiger partial charge in [-0.1, -0.05) is 0 Å². The molecule has 0 spiro atoms. The average molecular weight is 326 g/mol. The van der Waals surface area contributed by atoms with Crippen molar-refractivity contribution in [2.45, 2.75) is 44.8 Å². The van der Waals surface area contributed by atoms with Crippen LogP contribution in [-0.2, 0) is 12.6 Å². The molecule has 5 nitrogen and oxygen atoms in total. The molecule has 0 unspecified atom stereocenters. The third-order valence-corrected chi connectivity index (χ3v) is 4.06. The van der Waals surface area contributed by atoms with Crippen LogP contribution < -0.4 is 5.32 Å². The summed E-state index contributed by atoms with van der Waals surface area (Å²) in [7, 11) is 0. The first-order chi connectivity index (χ1) is 10.9. The quantitative estimate of drug-likeness (QED) is 0.930. The van der Waals surface area contributed by atoms with Crippen molar-refractivity contribution in [1.29, 1.82) is 0 Å². The maximum atomic E-state index is 13.0. The molecular formula is C15H17F3N4O. The van der Waals surface area contributed by atoms with E-state index in [0.717, 1.165) is 25.5 Å². The fourth-order valence-corrected chi connectivity index (χ4v) is 3.02. The first kappa shape index (κ1) is 15.8. The zero-order valence-corrected chi connectivity index (χ0v) is 12.6. The van der Waals surface area contributed by atoms with Crippen molar-refractivity contribution in [3.63, 3.8) is 0 Å². The second kappa shape index (κ2) is 6.17. The summed E-state index contributed by atoms with van der Waals surface area (Å²) in [5.74, 6) is 1.45. The van der Waals surface area contributed by atoms with Crippen LogP contribution in [0.4, 0.5) is 18.9 Å². The Morgan fingerprint density at radius 3 is 2.83 bits per heavy atom. The number of hydrogen-bond acceptors (Lipinski definition) is 5. The molecule has 1 saturated carbocycles. The molecule has 0 bridgehead atoms. The van der Waals surface area contributed by atoms with E-state index in [1.807, 2.05) is 0 Å². The lowest BCUT2D eigenvalue weighted by Gasteiger charge is -2.18. The SMILES string of the molecule is Cc1nnc(C[C@@H]2CC[C@H](Nc3ccncc3C(F)(F)F)C2)o1. The van der Waals surface area contributed by atoms with Gasteiger partial charge in [0.25, 0.3) is 0 Å². The molecule has 0 amide bonds.